The Morgan fingerprint density at radius 3 is 2.88 bits per heavy atom. The molecule has 0 aliphatic heterocycles. The van der Waals surface area contributed by atoms with Crippen molar-refractivity contribution in [3.05, 3.63) is 45.5 Å². The van der Waals surface area contributed by atoms with Crippen molar-refractivity contribution in [2.75, 3.05) is 11.1 Å². The second kappa shape index (κ2) is 4.94. The number of aromatic nitrogens is 1. The summed E-state index contributed by atoms with van der Waals surface area (Å²) in [4.78, 5) is 4.21. The number of hydrogen-bond donors (Lipinski definition) is 2. The Labute approximate surface area is 113 Å². The maximum atomic E-state index is 6.01. The Morgan fingerprint density at radius 2 is 2.18 bits per heavy atom. The maximum Gasteiger partial charge on any atom is 0.130 e. The number of nitrogens with two attached hydrogens (primary N) is 1. The highest BCUT2D eigenvalue weighted by Gasteiger charge is 2.05. The molecule has 0 bridgehead atoms. The third-order valence-corrected chi connectivity index (χ3v) is 3.76. The first-order valence-corrected chi connectivity index (χ1v) is 6.18. The van der Waals surface area contributed by atoms with Crippen LogP contribution in [-0.4, -0.2) is 4.98 Å². The van der Waals surface area contributed by atoms with Crippen LogP contribution in [0.25, 0.3) is 0 Å². The lowest BCUT2D eigenvalue weighted by Crippen LogP contribution is -1.97. The van der Waals surface area contributed by atoms with Gasteiger partial charge in [0.2, 0.25) is 0 Å². The van der Waals surface area contributed by atoms with Gasteiger partial charge in [-0.2, -0.15) is 0 Å². The van der Waals surface area contributed by atoms with Crippen LogP contribution in [0.5, 0.6) is 0 Å². The van der Waals surface area contributed by atoms with Gasteiger partial charge in [0.25, 0.3) is 0 Å². The van der Waals surface area contributed by atoms with E-state index >= 15 is 0 Å². The largest absolute Gasteiger partial charge is 0.397 e. The van der Waals surface area contributed by atoms with Crippen molar-refractivity contribution in [3.63, 3.8) is 0 Å². The third kappa shape index (κ3) is 2.70. The molecule has 0 atom stereocenters. The number of pyridine rings is 1. The van der Waals surface area contributed by atoms with Crippen LogP contribution in [-0.2, 0) is 0 Å². The number of nitrogens with zero attached hydrogens (tertiary/aromatic N) is 1. The second-order valence-electron chi connectivity index (χ2n) is 3.65. The Balaban J connectivity index is 2.31. The number of halogens is 2. The molecule has 1 heterocycles. The van der Waals surface area contributed by atoms with Gasteiger partial charge < -0.3 is 11.1 Å². The molecule has 88 valence electrons. The van der Waals surface area contributed by atoms with E-state index in [-0.39, 0.29) is 0 Å². The smallest absolute Gasteiger partial charge is 0.130 e. The average Bonchev–Trinajstić information content (AvgIpc) is 2.30. The molecule has 3 nitrogen and oxygen atoms in total. The molecule has 0 spiro atoms. The first-order chi connectivity index (χ1) is 8.08. The highest BCUT2D eigenvalue weighted by molar-refractivity contribution is 9.10. The summed E-state index contributed by atoms with van der Waals surface area (Å²) in [7, 11) is 0. The highest BCUT2D eigenvalue weighted by Crippen LogP contribution is 2.31. The van der Waals surface area contributed by atoms with Gasteiger partial charge in [0, 0.05) is 0 Å². The maximum absolute atomic E-state index is 6.01. The van der Waals surface area contributed by atoms with Gasteiger partial charge in [-0.1, -0.05) is 17.7 Å². The molecule has 0 fully saturated rings. The molecule has 1 aromatic carbocycles. The quantitative estimate of drug-likeness (QED) is 0.876. The van der Waals surface area contributed by atoms with E-state index in [0.29, 0.717) is 10.7 Å². The zero-order chi connectivity index (χ0) is 12.4. The second-order valence-corrected chi connectivity index (χ2v) is 4.85. The number of nitrogens with one attached hydrogen (secondary N) is 1. The normalized spacial score (nSPS) is 10.3. The fourth-order valence-electron chi connectivity index (χ4n) is 1.37. The van der Waals surface area contributed by atoms with Gasteiger partial charge in [-0.3, -0.25) is 0 Å². The van der Waals surface area contributed by atoms with Gasteiger partial charge in [0.05, 0.1) is 27.1 Å². The summed E-state index contributed by atoms with van der Waals surface area (Å²) in [6.07, 6.45) is 1.64. The zero-order valence-electron chi connectivity index (χ0n) is 9.17. The van der Waals surface area contributed by atoms with Crippen LogP contribution in [0.1, 0.15) is 5.56 Å². The van der Waals surface area contributed by atoms with E-state index in [1.807, 2.05) is 31.2 Å². The molecule has 0 aliphatic rings. The lowest BCUT2D eigenvalue weighted by molar-refractivity contribution is 1.27. The van der Waals surface area contributed by atoms with Crippen LogP contribution in [0.3, 0.4) is 0 Å². The van der Waals surface area contributed by atoms with Gasteiger partial charge in [-0.15, -0.1) is 0 Å². The van der Waals surface area contributed by atoms with Gasteiger partial charge >= 0.3 is 0 Å². The number of nitrogen functional groups attached to an aromatic ring is 1. The Kier molecular flexibility index (Phi) is 3.54. The summed E-state index contributed by atoms with van der Waals surface area (Å²) in [6, 6.07) is 7.50. The lowest BCUT2D eigenvalue weighted by atomic mass is 10.2. The predicted octanol–water partition coefficient (Wildman–Crippen LogP) is 4.13. The molecule has 0 saturated carbocycles. The molecule has 17 heavy (non-hydrogen) atoms. The molecular weight excluding hydrogens is 302 g/mol. The number of anilines is 3. The Morgan fingerprint density at radius 1 is 1.41 bits per heavy atom. The molecular formula is C12H11BrClN3. The van der Waals surface area contributed by atoms with Crippen molar-refractivity contribution in [1.29, 1.82) is 0 Å². The highest BCUT2D eigenvalue weighted by atomic mass is 79.9. The molecule has 2 rings (SSSR count). The summed E-state index contributed by atoms with van der Waals surface area (Å²) >= 11 is 9.43. The van der Waals surface area contributed by atoms with Gasteiger partial charge in [-0.25, -0.2) is 4.98 Å². The molecule has 2 aromatic rings. The molecule has 3 N–H and O–H groups in total. The van der Waals surface area contributed by atoms with Gasteiger partial charge in [0.1, 0.15) is 5.82 Å². The fourth-order valence-corrected chi connectivity index (χ4v) is 1.91. The number of aryl methyl sites for hydroxylation is 1. The van der Waals surface area contributed by atoms with E-state index in [2.05, 4.69) is 26.2 Å². The van der Waals surface area contributed by atoms with Crippen LogP contribution >= 0.6 is 27.5 Å². The molecule has 0 unspecified atom stereocenters. The molecule has 0 radical (unpaired) electrons. The van der Waals surface area contributed by atoms with E-state index < -0.39 is 0 Å². The van der Waals surface area contributed by atoms with Crippen molar-refractivity contribution in [1.82, 2.24) is 4.98 Å². The zero-order valence-corrected chi connectivity index (χ0v) is 11.5. The first kappa shape index (κ1) is 12.2. The van der Waals surface area contributed by atoms with Crippen molar-refractivity contribution in [3.8, 4) is 0 Å². The standard InChI is InChI=1S/C12H11BrClN3/c1-7-5-11(16-6-9(7)15)17-10-4-2-3-8(14)12(10)13/h2-6H,15H2,1H3,(H,16,17). The van der Waals surface area contributed by atoms with E-state index in [1.165, 1.54) is 0 Å². The summed E-state index contributed by atoms with van der Waals surface area (Å²) < 4.78 is 0.818. The van der Waals surface area contributed by atoms with E-state index in [9.17, 15) is 0 Å². The topological polar surface area (TPSA) is 50.9 Å². The van der Waals surface area contributed by atoms with Crippen LogP contribution in [0.4, 0.5) is 17.2 Å². The summed E-state index contributed by atoms with van der Waals surface area (Å²) in [5.41, 5.74) is 8.25. The number of rotatable bonds is 2. The van der Waals surface area contributed by atoms with Crippen molar-refractivity contribution < 1.29 is 0 Å². The van der Waals surface area contributed by atoms with E-state index in [4.69, 9.17) is 17.3 Å². The minimum Gasteiger partial charge on any atom is -0.397 e. The van der Waals surface area contributed by atoms with Crippen LogP contribution in [0, 0.1) is 6.92 Å². The first-order valence-electron chi connectivity index (χ1n) is 5.01. The minimum atomic E-state index is 0.655. The Hall–Kier alpha value is -1.26. The van der Waals surface area contributed by atoms with Crippen molar-refractivity contribution >= 4 is 44.7 Å². The summed E-state index contributed by atoms with van der Waals surface area (Å²) in [6.45, 7) is 1.94. The van der Waals surface area contributed by atoms with E-state index in [0.717, 1.165) is 21.5 Å². The van der Waals surface area contributed by atoms with Crippen LogP contribution < -0.4 is 11.1 Å². The molecule has 0 saturated heterocycles. The lowest BCUT2D eigenvalue weighted by Gasteiger charge is -2.10. The van der Waals surface area contributed by atoms with Gasteiger partial charge in [-0.05, 0) is 46.6 Å². The Bertz CT molecular complexity index is 557. The molecule has 5 heteroatoms. The number of hydrogen-bond acceptors (Lipinski definition) is 3. The third-order valence-electron chi connectivity index (χ3n) is 2.37. The molecule has 0 aliphatic carbocycles. The summed E-state index contributed by atoms with van der Waals surface area (Å²) in [5.74, 6) is 0.736. The molecule has 0 amide bonds. The van der Waals surface area contributed by atoms with E-state index in [1.54, 1.807) is 6.20 Å². The summed E-state index contributed by atoms with van der Waals surface area (Å²) in [5, 5.41) is 3.84. The van der Waals surface area contributed by atoms with Gasteiger partial charge in [0.15, 0.2) is 0 Å². The van der Waals surface area contributed by atoms with Crippen molar-refractivity contribution in [2.45, 2.75) is 6.92 Å². The minimum absolute atomic E-state index is 0.655. The fraction of sp³-hybridized carbons (Fsp3) is 0.0833. The molecule has 1 aromatic heterocycles. The average molecular weight is 313 g/mol. The monoisotopic (exact) mass is 311 g/mol. The van der Waals surface area contributed by atoms with Crippen LogP contribution in [0.2, 0.25) is 5.02 Å². The SMILES string of the molecule is Cc1cc(Nc2cccc(Cl)c2Br)ncc1N. The predicted molar refractivity (Wildman–Crippen MR) is 75.8 cm³/mol. The van der Waals surface area contributed by atoms with Crippen LogP contribution in [0.15, 0.2) is 34.9 Å². The van der Waals surface area contributed by atoms with Crippen molar-refractivity contribution in [2.24, 2.45) is 0 Å². The number of benzene rings is 1.